The van der Waals surface area contributed by atoms with Gasteiger partial charge in [-0.3, -0.25) is 0 Å². The molecule has 0 fully saturated rings. The van der Waals surface area contributed by atoms with Crippen molar-refractivity contribution in [1.82, 2.24) is 0 Å². The van der Waals surface area contributed by atoms with Crippen LogP contribution in [0.25, 0.3) is 0 Å². The normalized spacial score (nSPS) is 10.8. The number of benzene rings is 1. The second kappa shape index (κ2) is 6.37. The molecule has 0 radical (unpaired) electrons. The Labute approximate surface area is 92.4 Å². The summed E-state index contributed by atoms with van der Waals surface area (Å²) in [5.41, 5.74) is 1.20. The van der Waals surface area contributed by atoms with Crippen molar-refractivity contribution in [3.63, 3.8) is 0 Å². The molecule has 0 aliphatic heterocycles. The average molecular weight is 233 g/mol. The number of halogens is 3. The molecule has 0 saturated heterocycles. The molecule has 0 heterocycles. The first-order valence-corrected chi connectivity index (χ1v) is 5.05. The van der Waals surface area contributed by atoms with Crippen molar-refractivity contribution in [1.29, 1.82) is 0 Å². The predicted molar refractivity (Wildman–Crippen MR) is 56.2 cm³/mol. The van der Waals surface area contributed by atoms with Gasteiger partial charge >= 0.3 is 6.61 Å². The van der Waals surface area contributed by atoms with Crippen LogP contribution in [-0.4, -0.2) is 19.8 Å². The highest BCUT2D eigenvalue weighted by Gasteiger charge is 2.02. The van der Waals surface area contributed by atoms with Crippen LogP contribution in [0, 0.1) is 5.82 Å². The Bertz CT molecular complexity index is 331. The number of anilines is 1. The molecule has 0 saturated carbocycles. The van der Waals surface area contributed by atoms with E-state index in [9.17, 15) is 13.2 Å². The highest BCUT2D eigenvalue weighted by atomic mass is 19.3. The molecular weight excluding hydrogens is 219 g/mol. The van der Waals surface area contributed by atoms with Gasteiger partial charge in [-0.25, -0.2) is 4.39 Å². The summed E-state index contributed by atoms with van der Waals surface area (Å²) in [6.07, 6.45) is 0.626. The van der Waals surface area contributed by atoms with E-state index in [1.54, 1.807) is 12.1 Å². The van der Waals surface area contributed by atoms with Crippen LogP contribution < -0.4 is 5.32 Å². The average Bonchev–Trinajstić information content (AvgIpc) is 2.24. The Kier molecular flexibility index (Phi) is 5.11. The summed E-state index contributed by atoms with van der Waals surface area (Å²) in [5, 5.41) is 2.79. The summed E-state index contributed by atoms with van der Waals surface area (Å²) in [7, 11) is 0. The molecule has 1 aromatic carbocycles. The molecule has 5 heteroatoms. The molecule has 0 amide bonds. The van der Waals surface area contributed by atoms with Crippen LogP contribution in [0.15, 0.2) is 18.2 Å². The molecule has 1 aromatic rings. The largest absolute Gasteiger partial charge is 0.383 e. The number of alkyl halides is 2. The third-order valence-corrected chi connectivity index (χ3v) is 2.11. The Morgan fingerprint density at radius 1 is 1.38 bits per heavy atom. The van der Waals surface area contributed by atoms with Gasteiger partial charge < -0.3 is 10.1 Å². The van der Waals surface area contributed by atoms with Gasteiger partial charge in [0.05, 0.1) is 6.61 Å². The Hall–Kier alpha value is -1.23. The van der Waals surface area contributed by atoms with Crippen molar-refractivity contribution in [3.8, 4) is 0 Å². The van der Waals surface area contributed by atoms with Crippen molar-refractivity contribution in [2.24, 2.45) is 0 Å². The van der Waals surface area contributed by atoms with Crippen LogP contribution in [0.5, 0.6) is 0 Å². The van der Waals surface area contributed by atoms with Gasteiger partial charge in [-0.15, -0.1) is 0 Å². The molecule has 2 nitrogen and oxygen atoms in total. The fourth-order valence-electron chi connectivity index (χ4n) is 1.29. The molecule has 16 heavy (non-hydrogen) atoms. The SMILES string of the molecule is CCc1ccc(NCCOC(F)F)cc1F. The van der Waals surface area contributed by atoms with Crippen molar-refractivity contribution < 1.29 is 17.9 Å². The Balaban J connectivity index is 2.40. The van der Waals surface area contributed by atoms with E-state index in [1.165, 1.54) is 6.07 Å². The van der Waals surface area contributed by atoms with Gasteiger partial charge in [0.25, 0.3) is 0 Å². The number of hydrogen-bond donors (Lipinski definition) is 1. The molecule has 0 spiro atoms. The highest BCUT2D eigenvalue weighted by molar-refractivity contribution is 5.45. The molecule has 0 aliphatic rings. The summed E-state index contributed by atoms with van der Waals surface area (Å²) in [4.78, 5) is 0. The lowest BCUT2D eigenvalue weighted by Gasteiger charge is -2.08. The van der Waals surface area contributed by atoms with Crippen molar-refractivity contribution in [3.05, 3.63) is 29.6 Å². The zero-order valence-electron chi connectivity index (χ0n) is 8.97. The van der Waals surface area contributed by atoms with Gasteiger partial charge in [-0.2, -0.15) is 8.78 Å². The molecule has 1 rings (SSSR count). The van der Waals surface area contributed by atoms with Gasteiger partial charge in [0.15, 0.2) is 0 Å². The summed E-state index contributed by atoms with van der Waals surface area (Å²) in [6, 6.07) is 4.73. The fraction of sp³-hybridized carbons (Fsp3) is 0.455. The van der Waals surface area contributed by atoms with Gasteiger partial charge in [0, 0.05) is 12.2 Å². The highest BCUT2D eigenvalue weighted by Crippen LogP contribution is 2.14. The quantitative estimate of drug-likeness (QED) is 0.762. The van der Waals surface area contributed by atoms with Crippen LogP contribution in [0.2, 0.25) is 0 Å². The first kappa shape index (κ1) is 12.8. The van der Waals surface area contributed by atoms with E-state index in [1.807, 2.05) is 6.92 Å². The third kappa shape index (κ3) is 4.10. The second-order valence-corrected chi connectivity index (χ2v) is 3.22. The maximum Gasteiger partial charge on any atom is 0.345 e. The number of hydrogen-bond acceptors (Lipinski definition) is 2. The van der Waals surface area contributed by atoms with Crippen LogP contribution in [0.1, 0.15) is 12.5 Å². The number of aryl methyl sites for hydroxylation is 1. The summed E-state index contributed by atoms with van der Waals surface area (Å²) >= 11 is 0. The number of rotatable bonds is 6. The molecular formula is C11H14F3NO. The monoisotopic (exact) mass is 233 g/mol. The minimum Gasteiger partial charge on any atom is -0.383 e. The fourth-order valence-corrected chi connectivity index (χ4v) is 1.29. The van der Waals surface area contributed by atoms with E-state index in [0.29, 0.717) is 17.7 Å². The summed E-state index contributed by atoms with van der Waals surface area (Å²) in [6.45, 7) is -0.799. The minimum absolute atomic E-state index is 0.116. The first-order chi connectivity index (χ1) is 7.63. The molecule has 0 unspecified atom stereocenters. The first-order valence-electron chi connectivity index (χ1n) is 5.05. The predicted octanol–water partition coefficient (Wildman–Crippen LogP) is 3.04. The van der Waals surface area contributed by atoms with Crippen molar-refractivity contribution in [2.75, 3.05) is 18.5 Å². The lowest BCUT2D eigenvalue weighted by atomic mass is 10.1. The summed E-state index contributed by atoms with van der Waals surface area (Å²) < 4.78 is 40.6. The van der Waals surface area contributed by atoms with Gasteiger partial charge in [-0.1, -0.05) is 13.0 Å². The van der Waals surface area contributed by atoms with E-state index in [4.69, 9.17) is 0 Å². The maximum atomic E-state index is 13.3. The lowest BCUT2D eigenvalue weighted by Crippen LogP contribution is -2.12. The Morgan fingerprint density at radius 2 is 2.12 bits per heavy atom. The van der Waals surface area contributed by atoms with E-state index in [2.05, 4.69) is 10.1 Å². The topological polar surface area (TPSA) is 21.3 Å². The molecule has 1 N–H and O–H groups in total. The third-order valence-electron chi connectivity index (χ3n) is 2.11. The summed E-state index contributed by atoms with van der Waals surface area (Å²) in [5.74, 6) is -0.290. The minimum atomic E-state index is -2.76. The van der Waals surface area contributed by atoms with Gasteiger partial charge in [-0.05, 0) is 24.1 Å². The van der Waals surface area contributed by atoms with E-state index in [-0.39, 0.29) is 19.0 Å². The Morgan fingerprint density at radius 3 is 2.69 bits per heavy atom. The zero-order chi connectivity index (χ0) is 12.0. The van der Waals surface area contributed by atoms with Crippen LogP contribution in [0.3, 0.4) is 0 Å². The van der Waals surface area contributed by atoms with Crippen LogP contribution >= 0.6 is 0 Å². The van der Waals surface area contributed by atoms with E-state index < -0.39 is 6.61 Å². The van der Waals surface area contributed by atoms with E-state index in [0.717, 1.165) is 0 Å². The molecule has 0 aromatic heterocycles. The zero-order valence-corrected chi connectivity index (χ0v) is 8.97. The molecule has 0 aliphatic carbocycles. The van der Waals surface area contributed by atoms with Crippen molar-refractivity contribution >= 4 is 5.69 Å². The maximum absolute atomic E-state index is 13.3. The molecule has 0 atom stereocenters. The van der Waals surface area contributed by atoms with Crippen molar-refractivity contribution in [2.45, 2.75) is 20.0 Å². The molecule has 0 bridgehead atoms. The lowest BCUT2D eigenvalue weighted by molar-refractivity contribution is -0.125. The smallest absolute Gasteiger partial charge is 0.345 e. The van der Waals surface area contributed by atoms with E-state index >= 15 is 0 Å². The number of nitrogens with one attached hydrogen (secondary N) is 1. The standard InChI is InChI=1S/C11H14F3NO/c1-2-8-3-4-9(7-10(8)12)15-5-6-16-11(13)14/h3-4,7,11,15H,2,5-6H2,1H3. The molecule has 90 valence electrons. The van der Waals surface area contributed by atoms with Gasteiger partial charge in [0.1, 0.15) is 5.82 Å². The van der Waals surface area contributed by atoms with Crippen LogP contribution in [0.4, 0.5) is 18.9 Å². The number of ether oxygens (including phenoxy) is 1. The van der Waals surface area contributed by atoms with Gasteiger partial charge in [0.2, 0.25) is 0 Å². The van der Waals surface area contributed by atoms with Crippen LogP contribution in [-0.2, 0) is 11.2 Å². The second-order valence-electron chi connectivity index (χ2n) is 3.22.